The first-order chi connectivity index (χ1) is 17.1. The lowest BCUT2D eigenvalue weighted by Crippen LogP contribution is -2.12. The highest BCUT2D eigenvalue weighted by molar-refractivity contribution is 6.30. The van der Waals surface area contributed by atoms with Gasteiger partial charge in [-0.15, -0.1) is 0 Å². The van der Waals surface area contributed by atoms with Crippen LogP contribution in [-0.4, -0.2) is 49.7 Å². The molecule has 1 aromatic heterocycles. The third kappa shape index (κ3) is 7.39. The Hall–Kier alpha value is -2.71. The zero-order chi connectivity index (χ0) is 25.0. The van der Waals surface area contributed by atoms with Crippen LogP contribution in [0.1, 0.15) is 47.2 Å². The molecule has 0 unspecified atom stereocenters. The molecule has 0 aliphatic carbocycles. The number of ether oxygens (including phenoxy) is 4. The highest BCUT2D eigenvalue weighted by Gasteiger charge is 2.17. The van der Waals surface area contributed by atoms with E-state index in [4.69, 9.17) is 30.5 Å². The summed E-state index contributed by atoms with van der Waals surface area (Å²) < 4.78 is 23.1. The fourth-order valence-electron chi connectivity index (χ4n) is 3.75. The van der Waals surface area contributed by atoms with Crippen molar-refractivity contribution in [2.75, 3.05) is 34.2 Å². The first kappa shape index (κ1) is 26.9. The van der Waals surface area contributed by atoms with Crippen LogP contribution in [0.3, 0.4) is 0 Å². The maximum atomic E-state index is 12.2. The summed E-state index contributed by atoms with van der Waals surface area (Å²) in [6.45, 7) is 4.21. The number of nitrogens with zero attached hydrogens (tertiary/aromatic N) is 2. The Kier molecular flexibility index (Phi) is 10.8. The Bertz CT molecular complexity index is 1080. The van der Waals surface area contributed by atoms with Crippen LogP contribution in [0.25, 0.3) is 11.1 Å². The number of imidazole rings is 1. The molecule has 35 heavy (non-hydrogen) atoms. The van der Waals surface area contributed by atoms with Crippen LogP contribution in [0.15, 0.2) is 48.5 Å². The van der Waals surface area contributed by atoms with Crippen LogP contribution >= 0.6 is 11.6 Å². The quantitative estimate of drug-likeness (QED) is 0.165. The number of halogens is 1. The van der Waals surface area contributed by atoms with Crippen LogP contribution in [0, 0.1) is 0 Å². The van der Waals surface area contributed by atoms with Crippen molar-refractivity contribution >= 4 is 17.6 Å². The third-order valence-corrected chi connectivity index (χ3v) is 5.93. The lowest BCUT2D eigenvalue weighted by Gasteiger charge is -2.14. The standard InChI is InChI=1S/C27H33ClN2O5/c1-4-5-10-25-29-26(28)24(18-35-19-34-16-15-32-2)30(25)17-20-11-13-21(14-12-20)22-8-6-7-9-23(22)27(31)33-3/h6-9,11-14H,4-5,10,15-19H2,1-3H3. The average molecular weight is 501 g/mol. The first-order valence-electron chi connectivity index (χ1n) is 11.7. The molecule has 1 heterocycles. The molecule has 3 rings (SSSR count). The van der Waals surface area contributed by atoms with Crippen LogP contribution in [-0.2, 0) is 38.5 Å². The third-order valence-electron chi connectivity index (χ3n) is 5.63. The van der Waals surface area contributed by atoms with Gasteiger partial charge in [-0.1, -0.05) is 67.4 Å². The lowest BCUT2D eigenvalue weighted by molar-refractivity contribution is -0.0737. The smallest absolute Gasteiger partial charge is 0.338 e. The molecule has 0 spiro atoms. The van der Waals surface area contributed by atoms with Gasteiger partial charge < -0.3 is 23.5 Å². The monoisotopic (exact) mass is 500 g/mol. The molecule has 8 heteroatoms. The van der Waals surface area contributed by atoms with E-state index in [1.807, 2.05) is 30.3 Å². The van der Waals surface area contributed by atoms with Gasteiger partial charge in [0.05, 0.1) is 38.2 Å². The van der Waals surface area contributed by atoms with Crippen molar-refractivity contribution in [3.05, 3.63) is 76.3 Å². The van der Waals surface area contributed by atoms with Crippen LogP contribution < -0.4 is 0 Å². The van der Waals surface area contributed by atoms with E-state index in [0.29, 0.717) is 37.1 Å². The molecule has 0 fully saturated rings. The zero-order valence-corrected chi connectivity index (χ0v) is 21.3. The van der Waals surface area contributed by atoms with Gasteiger partial charge in [-0.3, -0.25) is 0 Å². The second kappa shape index (κ2) is 14.0. The van der Waals surface area contributed by atoms with E-state index in [1.54, 1.807) is 13.2 Å². The molecule has 0 saturated heterocycles. The number of unbranched alkanes of at least 4 members (excludes halogenated alkanes) is 1. The maximum Gasteiger partial charge on any atom is 0.338 e. The summed E-state index contributed by atoms with van der Waals surface area (Å²) in [5.74, 6) is 0.588. The summed E-state index contributed by atoms with van der Waals surface area (Å²) in [6.07, 6.45) is 2.93. The predicted molar refractivity (Wildman–Crippen MR) is 136 cm³/mol. The van der Waals surface area contributed by atoms with E-state index >= 15 is 0 Å². The molecule has 0 amide bonds. The number of carbonyl (C=O) groups is 1. The van der Waals surface area contributed by atoms with E-state index in [0.717, 1.165) is 47.5 Å². The second-order valence-electron chi connectivity index (χ2n) is 8.06. The van der Waals surface area contributed by atoms with Gasteiger partial charge in [0.2, 0.25) is 0 Å². The van der Waals surface area contributed by atoms with E-state index < -0.39 is 0 Å². The van der Waals surface area contributed by atoms with Crippen molar-refractivity contribution in [1.29, 1.82) is 0 Å². The van der Waals surface area contributed by atoms with Crippen molar-refractivity contribution in [3.8, 4) is 11.1 Å². The first-order valence-corrected chi connectivity index (χ1v) is 12.1. The van der Waals surface area contributed by atoms with Gasteiger partial charge in [-0.2, -0.15) is 0 Å². The van der Waals surface area contributed by atoms with Gasteiger partial charge in [0, 0.05) is 20.1 Å². The predicted octanol–water partition coefficient (Wildman–Crippen LogP) is 5.52. The minimum atomic E-state index is -0.353. The van der Waals surface area contributed by atoms with Gasteiger partial charge in [-0.05, 0) is 29.2 Å². The van der Waals surface area contributed by atoms with Crippen molar-refractivity contribution in [2.45, 2.75) is 39.3 Å². The number of rotatable bonds is 14. The van der Waals surface area contributed by atoms with E-state index in [1.165, 1.54) is 7.11 Å². The van der Waals surface area contributed by atoms with Gasteiger partial charge in [0.25, 0.3) is 0 Å². The summed E-state index contributed by atoms with van der Waals surface area (Å²) in [5.41, 5.74) is 4.24. The molecule has 0 N–H and O–H groups in total. The van der Waals surface area contributed by atoms with Crippen LogP contribution in [0.5, 0.6) is 0 Å². The van der Waals surface area contributed by atoms with Gasteiger partial charge in [0.1, 0.15) is 12.6 Å². The number of aryl methyl sites for hydroxylation is 1. The number of methoxy groups -OCH3 is 2. The Morgan fingerprint density at radius 2 is 1.80 bits per heavy atom. The largest absolute Gasteiger partial charge is 0.465 e. The van der Waals surface area contributed by atoms with Gasteiger partial charge in [-0.25, -0.2) is 9.78 Å². The number of hydrogen-bond acceptors (Lipinski definition) is 6. The van der Waals surface area contributed by atoms with Gasteiger partial charge >= 0.3 is 5.97 Å². The topological polar surface area (TPSA) is 71.8 Å². The molecule has 0 atom stereocenters. The van der Waals surface area contributed by atoms with Crippen molar-refractivity contribution in [3.63, 3.8) is 0 Å². The second-order valence-corrected chi connectivity index (χ2v) is 8.41. The molecule has 2 aromatic carbocycles. The molecular formula is C27H33ClN2O5. The minimum Gasteiger partial charge on any atom is -0.465 e. The Balaban J connectivity index is 1.79. The molecule has 188 valence electrons. The molecule has 7 nitrogen and oxygen atoms in total. The summed E-state index contributed by atoms with van der Waals surface area (Å²) in [7, 11) is 3.02. The molecule has 0 bridgehead atoms. The SMILES string of the molecule is CCCCc1nc(Cl)c(COCOCCOC)n1Cc1ccc(-c2ccccc2C(=O)OC)cc1. The molecular weight excluding hydrogens is 468 g/mol. The number of esters is 1. The zero-order valence-electron chi connectivity index (χ0n) is 20.6. The molecule has 3 aromatic rings. The molecule has 0 radical (unpaired) electrons. The van der Waals surface area contributed by atoms with Crippen molar-refractivity contribution in [1.82, 2.24) is 9.55 Å². The number of aromatic nitrogens is 2. The Morgan fingerprint density at radius 3 is 2.51 bits per heavy atom. The van der Waals surface area contributed by atoms with Crippen LogP contribution in [0.4, 0.5) is 0 Å². The van der Waals surface area contributed by atoms with Crippen molar-refractivity contribution in [2.24, 2.45) is 0 Å². The number of carbonyl (C=O) groups excluding carboxylic acids is 1. The van der Waals surface area contributed by atoms with Crippen LogP contribution in [0.2, 0.25) is 5.15 Å². The minimum absolute atomic E-state index is 0.156. The summed E-state index contributed by atoms with van der Waals surface area (Å²) >= 11 is 6.51. The summed E-state index contributed by atoms with van der Waals surface area (Å²) in [5, 5.41) is 0.455. The fraction of sp³-hybridized carbons (Fsp3) is 0.407. The lowest BCUT2D eigenvalue weighted by atomic mass is 9.98. The number of hydrogen-bond donors (Lipinski definition) is 0. The Labute approximate surface area is 211 Å². The van der Waals surface area contributed by atoms with E-state index in [-0.39, 0.29) is 12.8 Å². The van der Waals surface area contributed by atoms with E-state index in [2.05, 4.69) is 28.6 Å². The maximum absolute atomic E-state index is 12.2. The van der Waals surface area contributed by atoms with Gasteiger partial charge in [0.15, 0.2) is 5.15 Å². The Morgan fingerprint density at radius 1 is 1.03 bits per heavy atom. The van der Waals surface area contributed by atoms with Crippen molar-refractivity contribution < 1.29 is 23.7 Å². The molecule has 0 aliphatic rings. The highest BCUT2D eigenvalue weighted by atomic mass is 35.5. The highest BCUT2D eigenvalue weighted by Crippen LogP contribution is 2.26. The summed E-state index contributed by atoms with van der Waals surface area (Å²) in [6, 6.07) is 15.6. The summed E-state index contributed by atoms with van der Waals surface area (Å²) in [4.78, 5) is 16.8. The van der Waals surface area contributed by atoms with E-state index in [9.17, 15) is 4.79 Å². The molecule has 0 saturated carbocycles. The molecule has 0 aliphatic heterocycles. The number of benzene rings is 2. The normalized spacial score (nSPS) is 11.1. The fourth-order valence-corrected chi connectivity index (χ4v) is 4.00. The average Bonchev–Trinajstić information content (AvgIpc) is 3.18.